The van der Waals surface area contributed by atoms with Gasteiger partial charge in [0.25, 0.3) is 10.2 Å². The van der Waals surface area contributed by atoms with E-state index >= 15 is 0 Å². The summed E-state index contributed by atoms with van der Waals surface area (Å²) in [7, 11) is -0.227. The van der Waals surface area contributed by atoms with E-state index in [0.29, 0.717) is 38.8 Å². The second kappa shape index (κ2) is 7.05. The van der Waals surface area contributed by atoms with Crippen molar-refractivity contribution in [3.8, 4) is 0 Å². The van der Waals surface area contributed by atoms with Crippen LogP contribution in [0, 0.1) is 5.92 Å². The Morgan fingerprint density at radius 2 is 2.08 bits per heavy atom. The van der Waals surface area contributed by atoms with Gasteiger partial charge in [0, 0.05) is 52.8 Å². The average molecular weight is 355 g/mol. The highest BCUT2D eigenvalue weighted by atomic mass is 32.2. The van der Waals surface area contributed by atoms with Crippen molar-refractivity contribution in [3.05, 3.63) is 30.1 Å². The summed E-state index contributed by atoms with van der Waals surface area (Å²) in [6.07, 6.45) is 5.37. The van der Waals surface area contributed by atoms with Crippen LogP contribution in [0.2, 0.25) is 0 Å². The van der Waals surface area contributed by atoms with Crippen molar-refractivity contribution in [1.82, 2.24) is 13.6 Å². The molecule has 8 heteroatoms. The Morgan fingerprint density at radius 1 is 1.38 bits per heavy atom. The molecule has 2 aliphatic heterocycles. The van der Waals surface area contributed by atoms with Crippen molar-refractivity contribution in [3.63, 3.8) is 0 Å². The fourth-order valence-electron chi connectivity index (χ4n) is 3.38. The normalized spacial score (nSPS) is 23.7. The van der Waals surface area contributed by atoms with Crippen LogP contribution in [0.15, 0.2) is 24.5 Å². The Balaban J connectivity index is 1.47. The smallest absolute Gasteiger partial charge is 0.281 e. The van der Waals surface area contributed by atoms with E-state index in [4.69, 9.17) is 9.47 Å². The number of hydrogen-bond acceptors (Lipinski definition) is 5. The summed E-state index contributed by atoms with van der Waals surface area (Å²) in [6.45, 7) is 2.82. The third-order valence-corrected chi connectivity index (χ3v) is 6.74. The molecule has 0 aliphatic carbocycles. The lowest BCUT2D eigenvalue weighted by molar-refractivity contribution is -0.107. The first-order valence-electron chi connectivity index (χ1n) is 8.22. The quantitative estimate of drug-likeness (QED) is 0.679. The predicted octanol–water partition coefficient (Wildman–Crippen LogP) is 0.886. The molecule has 0 N–H and O–H groups in total. The fourth-order valence-corrected chi connectivity index (χ4v) is 4.61. The lowest BCUT2D eigenvalue weighted by Crippen LogP contribution is -2.67. The SMILES string of the molecule is CN(C)S(=O)(=O)N1CC2(C1)OCCC2CCOCc1ccncc1. The van der Waals surface area contributed by atoms with E-state index in [2.05, 4.69) is 4.98 Å². The van der Waals surface area contributed by atoms with Crippen LogP contribution in [0.3, 0.4) is 0 Å². The van der Waals surface area contributed by atoms with Crippen molar-refractivity contribution in [2.75, 3.05) is 40.4 Å². The minimum Gasteiger partial charge on any atom is -0.377 e. The summed E-state index contributed by atoms with van der Waals surface area (Å²) in [5.41, 5.74) is 0.789. The molecule has 3 heterocycles. The Labute approximate surface area is 143 Å². The molecule has 0 saturated carbocycles. The van der Waals surface area contributed by atoms with E-state index in [0.717, 1.165) is 18.4 Å². The molecule has 2 aliphatic rings. The van der Waals surface area contributed by atoms with Gasteiger partial charge in [-0.05, 0) is 36.5 Å². The van der Waals surface area contributed by atoms with Gasteiger partial charge in [-0.2, -0.15) is 17.0 Å². The highest BCUT2D eigenvalue weighted by Gasteiger charge is 2.56. The molecule has 1 unspecified atom stereocenters. The molecule has 1 aromatic heterocycles. The molecule has 0 aromatic carbocycles. The standard InChI is InChI=1S/C16H25N3O4S/c1-18(2)24(20,21)19-12-16(13-19)15(6-10-23-16)5-9-22-11-14-3-7-17-8-4-14/h3-4,7-8,15H,5-6,9-13H2,1-2H3. The monoisotopic (exact) mass is 355 g/mol. The fraction of sp³-hybridized carbons (Fsp3) is 0.688. The third-order valence-electron chi connectivity index (χ3n) is 4.90. The van der Waals surface area contributed by atoms with Gasteiger partial charge in [0.15, 0.2) is 0 Å². The predicted molar refractivity (Wildman–Crippen MR) is 89.5 cm³/mol. The van der Waals surface area contributed by atoms with Gasteiger partial charge in [0.05, 0.1) is 12.2 Å². The number of nitrogens with zero attached hydrogens (tertiary/aromatic N) is 3. The molecule has 1 spiro atoms. The maximum atomic E-state index is 12.1. The molecule has 0 radical (unpaired) electrons. The van der Waals surface area contributed by atoms with Crippen molar-refractivity contribution in [2.24, 2.45) is 5.92 Å². The number of ether oxygens (including phenoxy) is 2. The molecule has 2 saturated heterocycles. The van der Waals surface area contributed by atoms with Crippen LogP contribution in [0.5, 0.6) is 0 Å². The van der Waals surface area contributed by atoms with E-state index in [9.17, 15) is 8.42 Å². The van der Waals surface area contributed by atoms with Crippen LogP contribution in [0.25, 0.3) is 0 Å². The zero-order chi connectivity index (χ0) is 17.2. The first-order valence-corrected chi connectivity index (χ1v) is 9.62. The van der Waals surface area contributed by atoms with E-state index in [1.807, 2.05) is 12.1 Å². The topological polar surface area (TPSA) is 72.0 Å². The van der Waals surface area contributed by atoms with Crippen LogP contribution in [-0.4, -0.2) is 68.0 Å². The highest BCUT2D eigenvalue weighted by molar-refractivity contribution is 7.86. The van der Waals surface area contributed by atoms with Gasteiger partial charge in [0.1, 0.15) is 0 Å². The van der Waals surface area contributed by atoms with Crippen molar-refractivity contribution in [2.45, 2.75) is 25.0 Å². The van der Waals surface area contributed by atoms with Crippen molar-refractivity contribution < 1.29 is 17.9 Å². The van der Waals surface area contributed by atoms with Gasteiger partial charge in [0.2, 0.25) is 0 Å². The summed E-state index contributed by atoms with van der Waals surface area (Å²) < 4.78 is 38.7. The van der Waals surface area contributed by atoms with Gasteiger partial charge in [-0.15, -0.1) is 0 Å². The number of rotatable bonds is 7. The lowest BCUT2D eigenvalue weighted by Gasteiger charge is -2.49. The van der Waals surface area contributed by atoms with E-state index in [-0.39, 0.29) is 5.60 Å². The molecule has 134 valence electrons. The van der Waals surface area contributed by atoms with Crippen molar-refractivity contribution in [1.29, 1.82) is 0 Å². The summed E-state index contributed by atoms with van der Waals surface area (Å²) in [5.74, 6) is 0.351. The zero-order valence-electron chi connectivity index (χ0n) is 14.2. The van der Waals surface area contributed by atoms with Gasteiger partial charge in [-0.3, -0.25) is 4.98 Å². The molecule has 3 rings (SSSR count). The Bertz CT molecular complexity index is 645. The van der Waals surface area contributed by atoms with E-state index in [1.54, 1.807) is 26.5 Å². The van der Waals surface area contributed by atoms with Crippen LogP contribution in [0.1, 0.15) is 18.4 Å². The summed E-state index contributed by atoms with van der Waals surface area (Å²) in [5, 5.41) is 0. The summed E-state index contributed by atoms with van der Waals surface area (Å²) >= 11 is 0. The molecular formula is C16H25N3O4S. The molecule has 2 fully saturated rings. The van der Waals surface area contributed by atoms with Gasteiger partial charge < -0.3 is 9.47 Å². The molecule has 7 nitrogen and oxygen atoms in total. The Hall–Kier alpha value is -1.06. The number of hydrogen-bond donors (Lipinski definition) is 0. The summed E-state index contributed by atoms with van der Waals surface area (Å²) in [6, 6.07) is 3.88. The Kier molecular flexibility index (Phi) is 5.22. The minimum atomic E-state index is -3.34. The second-order valence-corrected chi connectivity index (χ2v) is 8.80. The van der Waals surface area contributed by atoms with Gasteiger partial charge in [-0.25, -0.2) is 0 Å². The molecular weight excluding hydrogens is 330 g/mol. The summed E-state index contributed by atoms with van der Waals surface area (Å²) in [4.78, 5) is 3.98. The van der Waals surface area contributed by atoms with Crippen LogP contribution in [0.4, 0.5) is 0 Å². The highest BCUT2D eigenvalue weighted by Crippen LogP contribution is 2.42. The minimum absolute atomic E-state index is 0.316. The van der Waals surface area contributed by atoms with E-state index in [1.165, 1.54) is 8.61 Å². The lowest BCUT2D eigenvalue weighted by atomic mass is 9.80. The maximum absolute atomic E-state index is 12.1. The van der Waals surface area contributed by atoms with Crippen LogP contribution in [-0.2, 0) is 26.3 Å². The molecule has 0 bridgehead atoms. The molecule has 0 amide bonds. The maximum Gasteiger partial charge on any atom is 0.281 e. The molecule has 24 heavy (non-hydrogen) atoms. The first kappa shape index (κ1) is 17.8. The first-order chi connectivity index (χ1) is 11.4. The Morgan fingerprint density at radius 3 is 2.75 bits per heavy atom. The van der Waals surface area contributed by atoms with Crippen LogP contribution >= 0.6 is 0 Å². The van der Waals surface area contributed by atoms with Gasteiger partial charge in [-0.1, -0.05) is 0 Å². The largest absolute Gasteiger partial charge is 0.377 e. The number of aromatic nitrogens is 1. The average Bonchev–Trinajstić information content (AvgIpc) is 2.95. The van der Waals surface area contributed by atoms with E-state index < -0.39 is 10.2 Å². The zero-order valence-corrected chi connectivity index (χ0v) is 15.0. The molecule has 1 aromatic rings. The van der Waals surface area contributed by atoms with Crippen molar-refractivity contribution >= 4 is 10.2 Å². The second-order valence-electron chi connectivity index (χ2n) is 6.65. The third kappa shape index (κ3) is 3.48. The van der Waals surface area contributed by atoms with Gasteiger partial charge >= 0.3 is 0 Å². The molecule has 1 atom stereocenters. The number of pyridine rings is 1. The van der Waals surface area contributed by atoms with Crippen LogP contribution < -0.4 is 0 Å².